The number of aryl methyl sites for hydroxylation is 3. The van der Waals surface area contributed by atoms with Crippen LogP contribution in [0.2, 0.25) is 0 Å². The van der Waals surface area contributed by atoms with Gasteiger partial charge in [-0.05, 0) is 43.5 Å². The van der Waals surface area contributed by atoms with E-state index in [1.165, 1.54) is 16.7 Å². The fraction of sp³-hybridized carbons (Fsp3) is 0.263. The first kappa shape index (κ1) is 15.8. The molecule has 3 rings (SSSR count). The number of rotatable bonds is 5. The van der Waals surface area contributed by atoms with Crippen molar-refractivity contribution in [3.05, 3.63) is 71.0 Å². The molecule has 0 amide bonds. The zero-order valence-electron chi connectivity index (χ0n) is 13.8. The van der Waals surface area contributed by atoms with Crippen LogP contribution in [0.15, 0.2) is 53.7 Å². The number of hydrogen-bond donors (Lipinski definition) is 0. The van der Waals surface area contributed by atoms with E-state index in [1.54, 1.807) is 11.8 Å². The van der Waals surface area contributed by atoms with Crippen molar-refractivity contribution >= 4 is 11.8 Å². The molecule has 0 aliphatic carbocycles. The van der Waals surface area contributed by atoms with Crippen molar-refractivity contribution in [2.75, 3.05) is 0 Å². The summed E-state index contributed by atoms with van der Waals surface area (Å²) >= 11 is 1.72. The first-order chi connectivity index (χ1) is 11.2. The van der Waals surface area contributed by atoms with Crippen LogP contribution in [0, 0.1) is 13.8 Å². The second-order valence-corrected chi connectivity index (χ2v) is 6.61. The largest absolute Gasteiger partial charge is 0.274 e. The minimum atomic E-state index is 0.896. The van der Waals surface area contributed by atoms with Gasteiger partial charge in [0, 0.05) is 11.4 Å². The normalized spacial score (nSPS) is 10.9. The van der Waals surface area contributed by atoms with E-state index < -0.39 is 0 Å². The van der Waals surface area contributed by atoms with Crippen LogP contribution in [0.1, 0.15) is 29.4 Å². The maximum atomic E-state index is 4.35. The third kappa shape index (κ3) is 3.64. The van der Waals surface area contributed by atoms with Crippen molar-refractivity contribution in [1.82, 2.24) is 14.8 Å². The standard InChI is InChI=1S/C19H21N3S/c1-4-16-8-10-18(11-9-16)22-15(3)20-21-19(22)23-13-17-7-5-6-14(2)12-17/h5-12H,4,13H2,1-3H3. The molecule has 0 aliphatic rings. The van der Waals surface area contributed by atoms with Gasteiger partial charge >= 0.3 is 0 Å². The molecule has 2 aromatic carbocycles. The van der Waals surface area contributed by atoms with Gasteiger partial charge in [0.2, 0.25) is 0 Å². The summed E-state index contributed by atoms with van der Waals surface area (Å²) in [7, 11) is 0. The van der Waals surface area contributed by atoms with E-state index in [-0.39, 0.29) is 0 Å². The Morgan fingerprint density at radius 3 is 2.43 bits per heavy atom. The Morgan fingerprint density at radius 2 is 1.74 bits per heavy atom. The molecule has 0 radical (unpaired) electrons. The fourth-order valence-electron chi connectivity index (χ4n) is 2.56. The van der Waals surface area contributed by atoms with Crippen molar-refractivity contribution < 1.29 is 0 Å². The molecule has 4 heteroatoms. The second kappa shape index (κ2) is 7.01. The van der Waals surface area contributed by atoms with Gasteiger partial charge in [0.25, 0.3) is 0 Å². The van der Waals surface area contributed by atoms with Gasteiger partial charge in [0.1, 0.15) is 5.82 Å². The minimum Gasteiger partial charge on any atom is -0.274 e. The Morgan fingerprint density at radius 1 is 0.957 bits per heavy atom. The summed E-state index contributed by atoms with van der Waals surface area (Å²) in [5.74, 6) is 1.81. The summed E-state index contributed by atoms with van der Waals surface area (Å²) in [5, 5.41) is 9.54. The van der Waals surface area contributed by atoms with Crippen LogP contribution in [0.25, 0.3) is 5.69 Å². The summed E-state index contributed by atoms with van der Waals surface area (Å²) in [6, 6.07) is 17.2. The summed E-state index contributed by atoms with van der Waals surface area (Å²) in [5.41, 5.74) is 5.06. The van der Waals surface area contributed by atoms with E-state index in [0.29, 0.717) is 0 Å². The maximum Gasteiger partial charge on any atom is 0.196 e. The van der Waals surface area contributed by atoms with Crippen LogP contribution < -0.4 is 0 Å². The average Bonchev–Trinajstić information content (AvgIpc) is 2.94. The topological polar surface area (TPSA) is 30.7 Å². The van der Waals surface area contributed by atoms with Gasteiger partial charge in [0.15, 0.2) is 5.16 Å². The van der Waals surface area contributed by atoms with Crippen molar-refractivity contribution in [3.63, 3.8) is 0 Å². The fourth-order valence-corrected chi connectivity index (χ4v) is 3.50. The smallest absolute Gasteiger partial charge is 0.196 e. The van der Waals surface area contributed by atoms with Gasteiger partial charge in [-0.15, -0.1) is 10.2 Å². The molecule has 23 heavy (non-hydrogen) atoms. The van der Waals surface area contributed by atoms with Gasteiger partial charge in [-0.1, -0.05) is 60.6 Å². The van der Waals surface area contributed by atoms with Crippen LogP contribution in [0.4, 0.5) is 0 Å². The van der Waals surface area contributed by atoms with E-state index in [0.717, 1.165) is 28.8 Å². The van der Waals surface area contributed by atoms with Crippen molar-refractivity contribution in [1.29, 1.82) is 0 Å². The molecule has 3 aromatic rings. The summed E-state index contributed by atoms with van der Waals surface area (Å²) < 4.78 is 2.12. The highest BCUT2D eigenvalue weighted by Crippen LogP contribution is 2.25. The summed E-state index contributed by atoms with van der Waals surface area (Å²) in [6.07, 6.45) is 1.05. The molecule has 118 valence electrons. The minimum absolute atomic E-state index is 0.896. The number of hydrogen-bond acceptors (Lipinski definition) is 3. The maximum absolute atomic E-state index is 4.35. The Labute approximate surface area is 141 Å². The Hall–Kier alpha value is -2.07. The predicted molar refractivity (Wildman–Crippen MR) is 96.2 cm³/mol. The Bertz CT molecular complexity index is 791. The number of nitrogens with zero attached hydrogens (tertiary/aromatic N) is 3. The Kier molecular flexibility index (Phi) is 4.82. The zero-order valence-corrected chi connectivity index (χ0v) is 14.6. The lowest BCUT2D eigenvalue weighted by molar-refractivity contribution is 0.867. The average molecular weight is 323 g/mol. The summed E-state index contributed by atoms with van der Waals surface area (Å²) in [6.45, 7) is 6.29. The lowest BCUT2D eigenvalue weighted by atomic mass is 10.1. The van der Waals surface area contributed by atoms with Crippen LogP contribution in [-0.4, -0.2) is 14.8 Å². The molecule has 1 aromatic heterocycles. The quantitative estimate of drug-likeness (QED) is 0.635. The highest BCUT2D eigenvalue weighted by Gasteiger charge is 2.11. The molecule has 0 fully saturated rings. The van der Waals surface area contributed by atoms with Crippen LogP contribution in [0.5, 0.6) is 0 Å². The lowest BCUT2D eigenvalue weighted by Crippen LogP contribution is -1.99. The highest BCUT2D eigenvalue weighted by molar-refractivity contribution is 7.98. The van der Waals surface area contributed by atoms with Crippen LogP contribution in [-0.2, 0) is 12.2 Å². The molecule has 0 unspecified atom stereocenters. The first-order valence-corrected chi connectivity index (χ1v) is 8.85. The third-order valence-electron chi connectivity index (χ3n) is 3.85. The van der Waals surface area contributed by atoms with E-state index in [2.05, 4.69) is 77.1 Å². The monoisotopic (exact) mass is 323 g/mol. The molecule has 0 atom stereocenters. The Balaban J connectivity index is 1.83. The number of benzene rings is 2. The van der Waals surface area contributed by atoms with E-state index in [4.69, 9.17) is 0 Å². The van der Waals surface area contributed by atoms with E-state index in [9.17, 15) is 0 Å². The van der Waals surface area contributed by atoms with Gasteiger partial charge < -0.3 is 0 Å². The zero-order chi connectivity index (χ0) is 16.2. The predicted octanol–water partition coefficient (Wildman–Crippen LogP) is 4.74. The van der Waals surface area contributed by atoms with Gasteiger partial charge in [-0.25, -0.2) is 0 Å². The van der Waals surface area contributed by atoms with Crippen molar-refractivity contribution in [2.45, 2.75) is 38.1 Å². The third-order valence-corrected chi connectivity index (χ3v) is 4.85. The summed E-state index contributed by atoms with van der Waals surface area (Å²) in [4.78, 5) is 0. The molecule has 0 bridgehead atoms. The second-order valence-electron chi connectivity index (χ2n) is 5.66. The molecule has 0 aliphatic heterocycles. The molecule has 0 N–H and O–H groups in total. The highest BCUT2D eigenvalue weighted by atomic mass is 32.2. The number of aromatic nitrogens is 3. The molecule has 0 saturated carbocycles. The van der Waals surface area contributed by atoms with Crippen molar-refractivity contribution in [2.24, 2.45) is 0 Å². The van der Waals surface area contributed by atoms with Gasteiger partial charge in [-0.3, -0.25) is 4.57 Å². The number of thioether (sulfide) groups is 1. The molecule has 3 nitrogen and oxygen atoms in total. The molecular formula is C19H21N3S. The van der Waals surface area contributed by atoms with E-state index in [1.807, 2.05) is 6.92 Å². The molecule has 0 spiro atoms. The van der Waals surface area contributed by atoms with Crippen molar-refractivity contribution in [3.8, 4) is 5.69 Å². The van der Waals surface area contributed by atoms with Gasteiger partial charge in [-0.2, -0.15) is 0 Å². The lowest BCUT2D eigenvalue weighted by Gasteiger charge is -2.09. The molecular weight excluding hydrogens is 302 g/mol. The van der Waals surface area contributed by atoms with Crippen LogP contribution in [0.3, 0.4) is 0 Å². The SMILES string of the molecule is CCc1ccc(-n2c(C)nnc2SCc2cccc(C)c2)cc1. The molecule has 1 heterocycles. The molecule has 0 saturated heterocycles. The van der Waals surface area contributed by atoms with Crippen LogP contribution >= 0.6 is 11.8 Å². The van der Waals surface area contributed by atoms with E-state index >= 15 is 0 Å². The first-order valence-electron chi connectivity index (χ1n) is 7.87. The van der Waals surface area contributed by atoms with Gasteiger partial charge in [0.05, 0.1) is 0 Å².